The average Bonchev–Trinajstić information content (AvgIpc) is 3.09. The van der Waals surface area contributed by atoms with Crippen LogP contribution in [0.2, 0.25) is 0 Å². The Kier molecular flexibility index (Phi) is 4.48. The maximum Gasteiger partial charge on any atom is 0.325 e. The highest BCUT2D eigenvalue weighted by Gasteiger charge is 2.33. The third-order valence-electron chi connectivity index (χ3n) is 2.94. The predicted molar refractivity (Wildman–Crippen MR) is 66.0 cm³/mol. The molecule has 0 N–H and O–H groups in total. The Morgan fingerprint density at radius 2 is 2.26 bits per heavy atom. The third-order valence-corrected chi connectivity index (χ3v) is 2.94. The summed E-state index contributed by atoms with van der Waals surface area (Å²) in [5.74, 6) is -0.380. The minimum absolute atomic E-state index is 0.0361. The van der Waals surface area contributed by atoms with Gasteiger partial charge in [0, 0.05) is 18.7 Å². The van der Waals surface area contributed by atoms with Crippen molar-refractivity contribution in [2.75, 3.05) is 13.2 Å². The molecule has 0 radical (unpaired) electrons. The molecule has 104 valence electrons. The number of amides is 1. The first kappa shape index (κ1) is 13.5. The summed E-state index contributed by atoms with van der Waals surface area (Å²) in [5.41, 5.74) is 0. The van der Waals surface area contributed by atoms with Gasteiger partial charge in [-0.05, 0) is 19.8 Å². The zero-order valence-corrected chi connectivity index (χ0v) is 11.0. The van der Waals surface area contributed by atoms with Crippen molar-refractivity contribution >= 4 is 11.9 Å². The summed E-state index contributed by atoms with van der Waals surface area (Å²) < 4.78 is 6.49. The fourth-order valence-corrected chi connectivity index (χ4v) is 1.86. The van der Waals surface area contributed by atoms with Crippen LogP contribution in [0.3, 0.4) is 0 Å². The van der Waals surface area contributed by atoms with Crippen LogP contribution in [-0.4, -0.2) is 51.0 Å². The fourth-order valence-electron chi connectivity index (χ4n) is 1.86. The first-order valence-electron chi connectivity index (χ1n) is 6.50. The van der Waals surface area contributed by atoms with Gasteiger partial charge in [0.25, 0.3) is 0 Å². The summed E-state index contributed by atoms with van der Waals surface area (Å²) in [5, 5.41) is 7.48. The van der Waals surface area contributed by atoms with Crippen molar-refractivity contribution in [2.24, 2.45) is 0 Å². The lowest BCUT2D eigenvalue weighted by Gasteiger charge is -2.21. The molecular weight excluding hydrogens is 248 g/mol. The van der Waals surface area contributed by atoms with Gasteiger partial charge in [0.05, 0.1) is 19.3 Å². The van der Waals surface area contributed by atoms with Crippen molar-refractivity contribution in [3.63, 3.8) is 0 Å². The van der Waals surface area contributed by atoms with Gasteiger partial charge in [0.15, 0.2) is 0 Å². The van der Waals surface area contributed by atoms with Crippen LogP contribution in [0.15, 0.2) is 12.4 Å². The lowest BCUT2D eigenvalue weighted by atomic mass is 10.3. The van der Waals surface area contributed by atoms with E-state index in [1.54, 1.807) is 28.9 Å². The van der Waals surface area contributed by atoms with E-state index in [4.69, 9.17) is 4.74 Å². The molecule has 1 fully saturated rings. The molecule has 2 rings (SSSR count). The number of nitrogens with zero attached hydrogens (tertiary/aromatic N) is 4. The van der Waals surface area contributed by atoms with Crippen molar-refractivity contribution in [2.45, 2.75) is 38.8 Å². The summed E-state index contributed by atoms with van der Waals surface area (Å²) in [6.07, 6.45) is 5.53. The van der Waals surface area contributed by atoms with E-state index in [9.17, 15) is 9.59 Å². The fraction of sp³-hybridized carbons (Fsp3) is 0.667. The van der Waals surface area contributed by atoms with Gasteiger partial charge in [-0.25, -0.2) is 0 Å². The molecule has 19 heavy (non-hydrogen) atoms. The molecule has 0 aliphatic heterocycles. The van der Waals surface area contributed by atoms with E-state index in [2.05, 4.69) is 10.3 Å². The molecule has 0 spiro atoms. The summed E-state index contributed by atoms with van der Waals surface area (Å²) in [6.45, 7) is 2.62. The van der Waals surface area contributed by atoms with Gasteiger partial charge in [-0.1, -0.05) is 5.21 Å². The van der Waals surface area contributed by atoms with Gasteiger partial charge in [-0.2, -0.15) is 0 Å². The zero-order chi connectivity index (χ0) is 13.7. The molecule has 7 heteroatoms. The van der Waals surface area contributed by atoms with Crippen molar-refractivity contribution < 1.29 is 14.3 Å². The summed E-state index contributed by atoms with van der Waals surface area (Å²) in [7, 11) is 0. The van der Waals surface area contributed by atoms with E-state index in [0.29, 0.717) is 19.6 Å². The van der Waals surface area contributed by atoms with Gasteiger partial charge in [-0.15, -0.1) is 5.10 Å². The molecule has 1 aliphatic carbocycles. The smallest absolute Gasteiger partial charge is 0.325 e. The first-order chi connectivity index (χ1) is 9.20. The normalized spacial score (nSPS) is 14.2. The van der Waals surface area contributed by atoms with E-state index in [1.165, 1.54) is 0 Å². The van der Waals surface area contributed by atoms with Crippen molar-refractivity contribution in [3.8, 4) is 0 Å². The zero-order valence-electron chi connectivity index (χ0n) is 11.0. The quantitative estimate of drug-likeness (QED) is 0.660. The average molecular weight is 266 g/mol. The second kappa shape index (κ2) is 6.31. The number of aromatic nitrogens is 3. The van der Waals surface area contributed by atoms with Crippen LogP contribution in [0.1, 0.15) is 26.2 Å². The Balaban J connectivity index is 1.84. The minimum atomic E-state index is -0.344. The number of hydrogen-bond acceptors (Lipinski definition) is 5. The van der Waals surface area contributed by atoms with Crippen LogP contribution in [0.5, 0.6) is 0 Å². The standard InChI is InChI=1S/C12H18N4O3/c1-2-19-12(18)9-16(10-3-4-10)11(17)5-7-15-8-6-13-14-15/h6,8,10H,2-5,7,9H2,1H3. The number of carbonyl (C=O) groups excluding carboxylic acids is 2. The van der Waals surface area contributed by atoms with Crippen LogP contribution in [0.25, 0.3) is 0 Å². The highest BCUT2D eigenvalue weighted by Crippen LogP contribution is 2.27. The minimum Gasteiger partial charge on any atom is -0.465 e. The van der Waals surface area contributed by atoms with Gasteiger partial charge in [0.2, 0.25) is 5.91 Å². The van der Waals surface area contributed by atoms with E-state index in [1.807, 2.05) is 0 Å². The number of aryl methyl sites for hydroxylation is 1. The van der Waals surface area contributed by atoms with E-state index < -0.39 is 0 Å². The highest BCUT2D eigenvalue weighted by atomic mass is 16.5. The summed E-state index contributed by atoms with van der Waals surface area (Å²) in [6, 6.07) is 0.202. The molecule has 0 saturated heterocycles. The van der Waals surface area contributed by atoms with E-state index in [0.717, 1.165) is 12.8 Å². The molecule has 1 amide bonds. The predicted octanol–water partition coefficient (Wildman–Crippen LogP) is 0.222. The molecule has 0 unspecified atom stereocenters. The molecule has 1 heterocycles. The van der Waals surface area contributed by atoms with Gasteiger partial charge >= 0.3 is 5.97 Å². The molecule has 7 nitrogen and oxygen atoms in total. The highest BCUT2D eigenvalue weighted by molar-refractivity contribution is 5.82. The van der Waals surface area contributed by atoms with E-state index >= 15 is 0 Å². The summed E-state index contributed by atoms with van der Waals surface area (Å²) in [4.78, 5) is 25.2. The molecule has 1 saturated carbocycles. The maximum absolute atomic E-state index is 12.1. The Hall–Kier alpha value is -1.92. The van der Waals surface area contributed by atoms with Gasteiger partial charge < -0.3 is 9.64 Å². The van der Waals surface area contributed by atoms with Crippen LogP contribution >= 0.6 is 0 Å². The molecule has 1 aromatic heterocycles. The molecule has 1 aromatic rings. The Labute approximate surface area is 111 Å². The largest absolute Gasteiger partial charge is 0.465 e. The monoisotopic (exact) mass is 266 g/mol. The number of esters is 1. The van der Waals surface area contributed by atoms with Crippen LogP contribution in [0.4, 0.5) is 0 Å². The van der Waals surface area contributed by atoms with Crippen LogP contribution in [-0.2, 0) is 20.9 Å². The number of ether oxygens (including phenoxy) is 1. The Morgan fingerprint density at radius 1 is 1.47 bits per heavy atom. The molecule has 0 bridgehead atoms. The Morgan fingerprint density at radius 3 is 2.84 bits per heavy atom. The Bertz CT molecular complexity index is 428. The lowest BCUT2D eigenvalue weighted by Crippen LogP contribution is -2.38. The maximum atomic E-state index is 12.1. The molecule has 0 atom stereocenters. The van der Waals surface area contributed by atoms with Crippen molar-refractivity contribution in [3.05, 3.63) is 12.4 Å². The van der Waals surface area contributed by atoms with Crippen molar-refractivity contribution in [1.29, 1.82) is 0 Å². The topological polar surface area (TPSA) is 77.3 Å². The van der Waals surface area contributed by atoms with Gasteiger partial charge in [-0.3, -0.25) is 14.3 Å². The first-order valence-corrected chi connectivity index (χ1v) is 6.50. The van der Waals surface area contributed by atoms with E-state index in [-0.39, 0.29) is 24.5 Å². The number of rotatable bonds is 7. The SMILES string of the molecule is CCOC(=O)CN(C(=O)CCn1ccnn1)C1CC1. The number of carbonyl (C=O) groups is 2. The molecule has 0 aromatic carbocycles. The van der Waals surface area contributed by atoms with Gasteiger partial charge in [0.1, 0.15) is 6.54 Å². The second-order valence-corrected chi connectivity index (χ2v) is 4.47. The molecular formula is C12H18N4O3. The third kappa shape index (κ3) is 4.04. The lowest BCUT2D eigenvalue weighted by molar-refractivity contribution is -0.149. The van der Waals surface area contributed by atoms with Crippen LogP contribution in [0, 0.1) is 0 Å². The second-order valence-electron chi connectivity index (χ2n) is 4.47. The van der Waals surface area contributed by atoms with Crippen LogP contribution < -0.4 is 0 Å². The number of hydrogen-bond donors (Lipinski definition) is 0. The van der Waals surface area contributed by atoms with Crippen molar-refractivity contribution in [1.82, 2.24) is 19.9 Å². The molecule has 1 aliphatic rings. The summed E-state index contributed by atoms with van der Waals surface area (Å²) >= 11 is 0.